The Morgan fingerprint density at radius 1 is 1.48 bits per heavy atom. The molecular formula is C13H18N6O2. The second kappa shape index (κ2) is 6.04. The van der Waals surface area contributed by atoms with Gasteiger partial charge in [0.25, 0.3) is 0 Å². The van der Waals surface area contributed by atoms with Gasteiger partial charge in [0.2, 0.25) is 0 Å². The molecule has 21 heavy (non-hydrogen) atoms. The molecule has 0 spiro atoms. The summed E-state index contributed by atoms with van der Waals surface area (Å²) < 4.78 is 5.41. The summed E-state index contributed by atoms with van der Waals surface area (Å²) in [5.74, 6) is 2.52. The van der Waals surface area contributed by atoms with Crippen LogP contribution in [-0.2, 0) is 11.2 Å². The van der Waals surface area contributed by atoms with Gasteiger partial charge in [0, 0.05) is 31.6 Å². The van der Waals surface area contributed by atoms with Crippen LogP contribution in [0.5, 0.6) is 0 Å². The highest BCUT2D eigenvalue weighted by atomic mass is 16.5. The van der Waals surface area contributed by atoms with Crippen LogP contribution in [0, 0.1) is 6.92 Å². The van der Waals surface area contributed by atoms with Gasteiger partial charge >= 0.3 is 5.69 Å². The lowest BCUT2D eigenvalue weighted by molar-refractivity contribution is 0.193. The van der Waals surface area contributed by atoms with E-state index < -0.39 is 0 Å². The predicted molar refractivity (Wildman–Crippen MR) is 76.3 cm³/mol. The molecule has 112 valence electrons. The highest BCUT2D eigenvalue weighted by Gasteiger charge is 2.20. The first kappa shape index (κ1) is 13.7. The largest absolute Gasteiger partial charge is 0.381 e. The molecule has 1 unspecified atom stereocenters. The predicted octanol–water partition coefficient (Wildman–Crippen LogP) is 0.355. The number of aromatic nitrogens is 5. The molecule has 3 N–H and O–H groups in total. The van der Waals surface area contributed by atoms with E-state index in [1.54, 1.807) is 0 Å². The molecule has 1 saturated heterocycles. The number of ether oxygens (including phenoxy) is 1. The van der Waals surface area contributed by atoms with Gasteiger partial charge in [0.1, 0.15) is 17.5 Å². The van der Waals surface area contributed by atoms with Crippen molar-refractivity contribution < 1.29 is 4.74 Å². The third-order valence-electron chi connectivity index (χ3n) is 3.42. The van der Waals surface area contributed by atoms with Crippen molar-refractivity contribution in [3.8, 4) is 0 Å². The second-order valence-electron chi connectivity index (χ2n) is 5.09. The molecule has 2 aromatic rings. The van der Waals surface area contributed by atoms with Crippen molar-refractivity contribution >= 4 is 5.82 Å². The number of H-pyrrole nitrogens is 2. The summed E-state index contributed by atoms with van der Waals surface area (Å²) in [4.78, 5) is 22.4. The molecule has 8 heteroatoms. The zero-order valence-corrected chi connectivity index (χ0v) is 11.8. The maximum Gasteiger partial charge on any atom is 0.340 e. The molecule has 0 saturated carbocycles. The maximum absolute atomic E-state index is 10.9. The van der Waals surface area contributed by atoms with Gasteiger partial charge in [-0.1, -0.05) is 0 Å². The van der Waals surface area contributed by atoms with Crippen molar-refractivity contribution in [2.24, 2.45) is 0 Å². The Labute approximate surface area is 121 Å². The van der Waals surface area contributed by atoms with E-state index in [1.165, 1.54) is 0 Å². The van der Waals surface area contributed by atoms with Crippen molar-refractivity contribution in [2.45, 2.75) is 25.7 Å². The van der Waals surface area contributed by atoms with E-state index in [9.17, 15) is 4.79 Å². The number of rotatable bonds is 5. The average Bonchev–Trinajstić information content (AvgIpc) is 3.10. The van der Waals surface area contributed by atoms with E-state index in [0.717, 1.165) is 37.0 Å². The summed E-state index contributed by atoms with van der Waals surface area (Å²) in [6, 6.07) is 1.97. The Kier molecular flexibility index (Phi) is 3.96. The number of aryl methyl sites for hydroxylation is 1. The van der Waals surface area contributed by atoms with Crippen molar-refractivity contribution in [2.75, 3.05) is 25.1 Å². The fourth-order valence-electron chi connectivity index (χ4n) is 2.39. The SMILES string of the molecule is Cc1nc(NCCc2n[nH]c(=O)[nH]2)cc(C2CCOC2)n1. The Hall–Kier alpha value is -2.22. The lowest BCUT2D eigenvalue weighted by Gasteiger charge is -2.11. The summed E-state index contributed by atoms with van der Waals surface area (Å²) in [6.45, 7) is 4.04. The lowest BCUT2D eigenvalue weighted by atomic mass is 10.0. The third-order valence-corrected chi connectivity index (χ3v) is 3.42. The fraction of sp³-hybridized carbons (Fsp3) is 0.538. The second-order valence-corrected chi connectivity index (χ2v) is 5.09. The molecule has 1 aliphatic heterocycles. The molecule has 0 aromatic carbocycles. The molecule has 1 fully saturated rings. The van der Waals surface area contributed by atoms with Crippen LogP contribution in [0.3, 0.4) is 0 Å². The summed E-state index contributed by atoms with van der Waals surface area (Å²) in [7, 11) is 0. The van der Waals surface area contributed by atoms with E-state index in [4.69, 9.17) is 4.74 Å². The van der Waals surface area contributed by atoms with E-state index in [-0.39, 0.29) is 5.69 Å². The van der Waals surface area contributed by atoms with Crippen LogP contribution in [0.4, 0.5) is 5.82 Å². The molecule has 0 bridgehead atoms. The van der Waals surface area contributed by atoms with Crippen LogP contribution in [0.25, 0.3) is 0 Å². The molecule has 2 aromatic heterocycles. The average molecular weight is 290 g/mol. The van der Waals surface area contributed by atoms with Gasteiger partial charge in [-0.2, -0.15) is 5.10 Å². The minimum atomic E-state index is -0.286. The van der Waals surface area contributed by atoms with Gasteiger partial charge in [-0.3, -0.25) is 4.98 Å². The Morgan fingerprint density at radius 2 is 2.38 bits per heavy atom. The Morgan fingerprint density at radius 3 is 3.10 bits per heavy atom. The topological polar surface area (TPSA) is 109 Å². The molecule has 8 nitrogen and oxygen atoms in total. The number of nitrogens with one attached hydrogen (secondary N) is 3. The van der Waals surface area contributed by atoms with E-state index in [2.05, 4.69) is 30.5 Å². The molecule has 1 atom stereocenters. The normalized spacial score (nSPS) is 18.0. The van der Waals surface area contributed by atoms with Crippen LogP contribution in [0.15, 0.2) is 10.9 Å². The number of hydrogen-bond donors (Lipinski definition) is 3. The van der Waals surface area contributed by atoms with Gasteiger partial charge in [-0.25, -0.2) is 19.9 Å². The summed E-state index contributed by atoms with van der Waals surface area (Å²) in [5.41, 5.74) is 0.738. The Balaban J connectivity index is 1.63. The van der Waals surface area contributed by atoms with E-state index in [1.807, 2.05) is 13.0 Å². The minimum Gasteiger partial charge on any atom is -0.381 e. The molecule has 3 heterocycles. The molecular weight excluding hydrogens is 272 g/mol. The quantitative estimate of drug-likeness (QED) is 0.733. The number of hydrogen-bond acceptors (Lipinski definition) is 6. The smallest absolute Gasteiger partial charge is 0.340 e. The van der Waals surface area contributed by atoms with Crippen LogP contribution >= 0.6 is 0 Å². The van der Waals surface area contributed by atoms with Crippen LogP contribution in [0.2, 0.25) is 0 Å². The minimum absolute atomic E-state index is 0.286. The zero-order valence-electron chi connectivity index (χ0n) is 11.8. The highest BCUT2D eigenvalue weighted by molar-refractivity contribution is 5.37. The van der Waals surface area contributed by atoms with Gasteiger partial charge in [-0.15, -0.1) is 0 Å². The van der Waals surface area contributed by atoms with Gasteiger partial charge in [-0.05, 0) is 13.3 Å². The summed E-state index contributed by atoms with van der Waals surface area (Å²) in [6.07, 6.45) is 1.62. The van der Waals surface area contributed by atoms with Crippen molar-refractivity contribution in [3.63, 3.8) is 0 Å². The highest BCUT2D eigenvalue weighted by Crippen LogP contribution is 2.24. The van der Waals surface area contributed by atoms with Gasteiger partial charge in [0.15, 0.2) is 0 Å². The Bertz CT molecular complexity index is 659. The van der Waals surface area contributed by atoms with Crippen LogP contribution in [0.1, 0.15) is 29.7 Å². The number of aromatic amines is 2. The monoisotopic (exact) mass is 290 g/mol. The summed E-state index contributed by atoms with van der Waals surface area (Å²) >= 11 is 0. The molecule has 1 aliphatic rings. The molecule has 0 amide bonds. The van der Waals surface area contributed by atoms with Crippen LogP contribution in [-0.4, -0.2) is 44.9 Å². The maximum atomic E-state index is 10.9. The van der Waals surface area contributed by atoms with E-state index >= 15 is 0 Å². The van der Waals surface area contributed by atoms with Gasteiger partial charge < -0.3 is 10.1 Å². The van der Waals surface area contributed by atoms with Crippen molar-refractivity contribution in [1.82, 2.24) is 25.1 Å². The molecule has 3 rings (SSSR count). The first-order valence-corrected chi connectivity index (χ1v) is 7.01. The first-order chi connectivity index (χ1) is 10.2. The summed E-state index contributed by atoms with van der Waals surface area (Å²) in [5, 5.41) is 9.45. The molecule has 0 radical (unpaired) electrons. The van der Waals surface area contributed by atoms with Crippen molar-refractivity contribution in [3.05, 3.63) is 33.9 Å². The van der Waals surface area contributed by atoms with E-state index in [0.29, 0.717) is 24.7 Å². The number of anilines is 1. The fourth-order valence-corrected chi connectivity index (χ4v) is 2.39. The third kappa shape index (κ3) is 3.46. The van der Waals surface area contributed by atoms with Gasteiger partial charge in [0.05, 0.1) is 12.3 Å². The molecule has 0 aliphatic carbocycles. The van der Waals surface area contributed by atoms with Crippen LogP contribution < -0.4 is 11.0 Å². The zero-order chi connectivity index (χ0) is 14.7. The lowest BCUT2D eigenvalue weighted by Crippen LogP contribution is -2.11. The first-order valence-electron chi connectivity index (χ1n) is 7.01. The number of nitrogens with zero attached hydrogens (tertiary/aromatic N) is 3. The van der Waals surface area contributed by atoms with Crippen molar-refractivity contribution in [1.29, 1.82) is 0 Å². The standard InChI is InChI=1S/C13H18N6O2/c1-8-15-10(9-3-5-21-7-9)6-12(16-8)14-4-2-11-17-13(20)19-18-11/h6,9H,2-5,7H2,1H3,(H,14,15,16)(H2,17,18,19,20).